The van der Waals surface area contributed by atoms with E-state index in [1.807, 2.05) is 43.0 Å². The number of fused-ring (bicyclic) bond motifs is 1. The fourth-order valence-electron chi connectivity index (χ4n) is 4.40. The van der Waals surface area contributed by atoms with Gasteiger partial charge in [-0.05, 0) is 36.8 Å². The maximum Gasteiger partial charge on any atom is 0.222 e. The molecule has 0 unspecified atom stereocenters. The smallest absolute Gasteiger partial charge is 0.222 e. The Hall–Kier alpha value is -2.97. The number of nitrogens with zero attached hydrogens (tertiary/aromatic N) is 5. The molecule has 1 N–H and O–H groups in total. The average Bonchev–Trinajstić information content (AvgIpc) is 3.09. The number of ether oxygens (including phenoxy) is 1. The van der Waals surface area contributed by atoms with Gasteiger partial charge in [0.1, 0.15) is 17.2 Å². The Kier molecular flexibility index (Phi) is 5.69. The van der Waals surface area contributed by atoms with Crippen LogP contribution in [0.15, 0.2) is 24.3 Å². The summed E-state index contributed by atoms with van der Waals surface area (Å²) < 4.78 is 8.09. The van der Waals surface area contributed by atoms with Gasteiger partial charge in [0.15, 0.2) is 0 Å². The molecule has 30 heavy (non-hydrogen) atoms. The SMILES string of the molecule is CCN1CC[C@@]2(CCC1=O)C[C@H](NC(=O)CCn1nnnc1C)c1ccccc1O2. The minimum atomic E-state index is -0.446. The number of hydrogen-bond donors (Lipinski definition) is 1. The Labute approximate surface area is 175 Å². The maximum absolute atomic E-state index is 12.7. The first-order valence-electron chi connectivity index (χ1n) is 10.6. The van der Waals surface area contributed by atoms with Gasteiger partial charge < -0.3 is 15.0 Å². The van der Waals surface area contributed by atoms with Gasteiger partial charge >= 0.3 is 0 Å². The lowest BCUT2D eigenvalue weighted by Crippen LogP contribution is -2.46. The molecule has 2 amide bonds. The number of amides is 2. The first kappa shape index (κ1) is 20.3. The van der Waals surface area contributed by atoms with Crippen LogP contribution in [0.1, 0.15) is 56.5 Å². The molecule has 1 saturated heterocycles. The molecule has 0 bridgehead atoms. The van der Waals surface area contributed by atoms with Crippen LogP contribution < -0.4 is 10.1 Å². The van der Waals surface area contributed by atoms with Crippen molar-refractivity contribution in [1.82, 2.24) is 30.4 Å². The molecule has 9 heteroatoms. The molecule has 0 radical (unpaired) electrons. The molecule has 1 aromatic carbocycles. The highest BCUT2D eigenvalue weighted by Crippen LogP contribution is 2.44. The van der Waals surface area contributed by atoms with E-state index in [1.54, 1.807) is 4.68 Å². The number of para-hydroxylation sites is 1. The molecule has 2 aliphatic heterocycles. The Balaban J connectivity index is 1.49. The predicted octanol–water partition coefficient (Wildman–Crippen LogP) is 1.78. The number of nitrogens with one attached hydrogen (secondary N) is 1. The summed E-state index contributed by atoms with van der Waals surface area (Å²) in [5, 5.41) is 14.5. The molecule has 1 spiro atoms. The van der Waals surface area contributed by atoms with Crippen LogP contribution in [0.4, 0.5) is 0 Å². The summed E-state index contributed by atoms with van der Waals surface area (Å²) in [6, 6.07) is 7.69. The Bertz CT molecular complexity index is 929. The van der Waals surface area contributed by atoms with E-state index in [0.717, 1.165) is 17.7 Å². The van der Waals surface area contributed by atoms with Gasteiger partial charge in [-0.2, -0.15) is 0 Å². The lowest BCUT2D eigenvalue weighted by atomic mass is 9.82. The van der Waals surface area contributed by atoms with Gasteiger partial charge in [-0.3, -0.25) is 9.59 Å². The highest BCUT2D eigenvalue weighted by molar-refractivity contribution is 5.77. The van der Waals surface area contributed by atoms with Crippen LogP contribution in [-0.2, 0) is 16.1 Å². The van der Waals surface area contributed by atoms with Gasteiger partial charge in [0.05, 0.1) is 12.6 Å². The molecule has 3 heterocycles. The van der Waals surface area contributed by atoms with Crippen molar-refractivity contribution in [2.24, 2.45) is 0 Å². The molecule has 0 aliphatic carbocycles. The van der Waals surface area contributed by atoms with Crippen molar-refractivity contribution in [3.63, 3.8) is 0 Å². The molecule has 0 saturated carbocycles. The van der Waals surface area contributed by atoms with E-state index >= 15 is 0 Å². The number of carbonyl (C=O) groups excluding carboxylic acids is 2. The second-order valence-electron chi connectivity index (χ2n) is 8.07. The van der Waals surface area contributed by atoms with Gasteiger partial charge in [0.25, 0.3) is 0 Å². The molecular formula is C21H28N6O3. The highest BCUT2D eigenvalue weighted by Gasteiger charge is 2.43. The number of aromatic nitrogens is 4. The maximum atomic E-state index is 12.7. The monoisotopic (exact) mass is 412 g/mol. The molecule has 2 aliphatic rings. The molecule has 4 rings (SSSR count). The van der Waals surface area contributed by atoms with Gasteiger partial charge in [-0.15, -0.1) is 5.10 Å². The highest BCUT2D eigenvalue weighted by atomic mass is 16.5. The third-order valence-electron chi connectivity index (χ3n) is 6.16. The molecule has 1 fully saturated rings. The summed E-state index contributed by atoms with van der Waals surface area (Å²) in [5.74, 6) is 1.60. The summed E-state index contributed by atoms with van der Waals surface area (Å²) in [6.45, 7) is 5.63. The summed E-state index contributed by atoms with van der Waals surface area (Å²) >= 11 is 0. The van der Waals surface area contributed by atoms with Crippen LogP contribution in [0.5, 0.6) is 5.75 Å². The van der Waals surface area contributed by atoms with Gasteiger partial charge in [0, 0.05) is 44.3 Å². The van der Waals surface area contributed by atoms with E-state index in [4.69, 9.17) is 4.74 Å². The third kappa shape index (κ3) is 4.15. The molecule has 1 aromatic heterocycles. The molecule has 2 aromatic rings. The fourth-order valence-corrected chi connectivity index (χ4v) is 4.40. The number of likely N-dealkylation sites (tertiary alicyclic amines) is 1. The van der Waals surface area contributed by atoms with Crippen molar-refractivity contribution in [2.45, 2.75) is 64.1 Å². The standard InChI is InChI=1S/C21H28N6O3/c1-3-26-13-11-21(10-8-20(26)29)14-17(16-6-4-5-7-18(16)30-21)22-19(28)9-12-27-15(2)23-24-25-27/h4-7,17H,3,8-14H2,1-2H3,(H,22,28)/t17-,21-/m0/s1. The Morgan fingerprint density at radius 2 is 2.17 bits per heavy atom. The van der Waals surface area contributed by atoms with E-state index in [0.29, 0.717) is 51.1 Å². The predicted molar refractivity (Wildman–Crippen MR) is 109 cm³/mol. The number of hydrogen-bond acceptors (Lipinski definition) is 6. The number of carbonyl (C=O) groups is 2. The average molecular weight is 412 g/mol. The Morgan fingerprint density at radius 3 is 2.93 bits per heavy atom. The van der Waals surface area contributed by atoms with Crippen molar-refractivity contribution >= 4 is 11.8 Å². The third-order valence-corrected chi connectivity index (χ3v) is 6.16. The topological polar surface area (TPSA) is 102 Å². The summed E-state index contributed by atoms with van der Waals surface area (Å²) in [5.41, 5.74) is 0.538. The van der Waals surface area contributed by atoms with Crippen LogP contribution in [0.3, 0.4) is 0 Å². The van der Waals surface area contributed by atoms with Crippen molar-refractivity contribution in [3.05, 3.63) is 35.7 Å². The van der Waals surface area contributed by atoms with Crippen molar-refractivity contribution < 1.29 is 14.3 Å². The van der Waals surface area contributed by atoms with Crippen molar-refractivity contribution in [1.29, 1.82) is 0 Å². The minimum absolute atomic E-state index is 0.0540. The van der Waals surface area contributed by atoms with E-state index in [9.17, 15) is 9.59 Å². The fraction of sp³-hybridized carbons (Fsp3) is 0.571. The summed E-state index contributed by atoms with van der Waals surface area (Å²) in [4.78, 5) is 27.0. The van der Waals surface area contributed by atoms with Crippen molar-refractivity contribution in [2.75, 3.05) is 13.1 Å². The largest absolute Gasteiger partial charge is 0.487 e. The quantitative estimate of drug-likeness (QED) is 0.803. The second kappa shape index (κ2) is 8.41. The zero-order valence-electron chi connectivity index (χ0n) is 17.5. The van der Waals surface area contributed by atoms with Crippen LogP contribution in [0, 0.1) is 6.92 Å². The van der Waals surface area contributed by atoms with Crippen LogP contribution in [-0.4, -0.2) is 55.6 Å². The number of benzene rings is 1. The van der Waals surface area contributed by atoms with Gasteiger partial charge in [-0.1, -0.05) is 18.2 Å². The molecular weight excluding hydrogens is 384 g/mol. The van der Waals surface area contributed by atoms with Gasteiger partial charge in [-0.25, -0.2) is 4.68 Å². The first-order valence-corrected chi connectivity index (χ1v) is 10.6. The second-order valence-corrected chi connectivity index (χ2v) is 8.07. The van der Waals surface area contributed by atoms with Gasteiger partial charge in [0.2, 0.25) is 11.8 Å². The molecule has 160 valence electrons. The molecule has 9 nitrogen and oxygen atoms in total. The van der Waals surface area contributed by atoms with E-state index in [2.05, 4.69) is 20.8 Å². The van der Waals surface area contributed by atoms with Crippen molar-refractivity contribution in [3.8, 4) is 5.75 Å². The summed E-state index contributed by atoms with van der Waals surface area (Å²) in [6.07, 6.45) is 2.84. The number of aryl methyl sites for hydroxylation is 2. The summed E-state index contributed by atoms with van der Waals surface area (Å²) in [7, 11) is 0. The zero-order valence-corrected chi connectivity index (χ0v) is 17.5. The van der Waals surface area contributed by atoms with E-state index in [1.165, 1.54) is 0 Å². The van der Waals surface area contributed by atoms with Crippen LogP contribution in [0.2, 0.25) is 0 Å². The minimum Gasteiger partial charge on any atom is -0.487 e. The normalized spacial score (nSPS) is 23.6. The Morgan fingerprint density at radius 1 is 1.33 bits per heavy atom. The number of tetrazole rings is 1. The lowest BCUT2D eigenvalue weighted by molar-refractivity contribution is -0.130. The first-order chi connectivity index (χ1) is 14.5. The lowest BCUT2D eigenvalue weighted by Gasteiger charge is -2.42. The van der Waals surface area contributed by atoms with Crippen LogP contribution in [0.25, 0.3) is 0 Å². The van der Waals surface area contributed by atoms with Crippen LogP contribution >= 0.6 is 0 Å². The molecule has 2 atom stereocenters. The number of rotatable bonds is 5. The zero-order chi connectivity index (χ0) is 21.1. The van der Waals surface area contributed by atoms with E-state index < -0.39 is 5.60 Å². The van der Waals surface area contributed by atoms with E-state index in [-0.39, 0.29) is 17.9 Å².